The van der Waals surface area contributed by atoms with Crippen LogP contribution in [0.25, 0.3) is 22.3 Å². The molecule has 0 saturated carbocycles. The fraction of sp³-hybridized carbons (Fsp3) is 0.326. The maximum absolute atomic E-state index is 14.3. The standard InChI is InChI=1S/C27H25FN6O2.C19H23FN6/c1-18(32-27(35)36-16-19-6-3-2-4-7-19)9-10-22-21(14-20(28)15-29-22)24-8-5-13-34(24)25-12-11-23-26(33-25)31-17-30-23;1-12(21)4-5-15-14(9-13(20)10-22-15)17-3-2-8-26(17)18-7-6-16-19(25-18)24-11-23-16/h2-4,6-7,11-12,14-15,17-18,24H,5,8,13,16H2,1H3,(H,32,35)(H,30,31,33);6-7,9-12,17H,2-5,8,21H2,1H3,(H,23,24,25)/t18-,24?;12-,17?/m11/s1. The van der Waals surface area contributed by atoms with Crippen LogP contribution in [0, 0.1) is 23.5 Å². The first-order valence-corrected chi connectivity index (χ1v) is 20.9. The molecule has 2 unspecified atom stereocenters. The van der Waals surface area contributed by atoms with E-state index in [0.717, 1.165) is 97.3 Å². The number of nitrogens with one attached hydrogen (secondary N) is 3. The molecule has 8 heterocycles. The normalized spacial score (nSPS) is 17.0. The number of halogens is 2. The smallest absolute Gasteiger partial charge is 0.408 e. The van der Waals surface area contributed by atoms with E-state index in [-0.39, 0.29) is 30.5 Å². The number of alkyl carbamates (subject to hydrolysis) is 1. The molecular weight excluding hydrogens is 791 g/mol. The van der Waals surface area contributed by atoms with Crippen molar-refractivity contribution in [1.29, 1.82) is 0 Å². The Morgan fingerprint density at radius 1 is 0.839 bits per heavy atom. The van der Waals surface area contributed by atoms with E-state index in [2.05, 4.69) is 66.8 Å². The Balaban J connectivity index is 0.000000180. The van der Waals surface area contributed by atoms with E-state index in [9.17, 15) is 13.6 Å². The molecule has 7 aromatic rings. The monoisotopic (exact) mass is 838 g/mol. The molecule has 2 saturated heterocycles. The largest absolute Gasteiger partial charge is 0.445 e. The first kappa shape index (κ1) is 41.7. The summed E-state index contributed by atoms with van der Waals surface area (Å²) < 4.78 is 33.5. The second kappa shape index (κ2) is 19.2. The van der Waals surface area contributed by atoms with Crippen molar-refractivity contribution >= 4 is 40.1 Å². The number of carbonyl (C=O) groups excluding carboxylic acids is 1. The Kier molecular flexibility index (Phi) is 12.9. The van der Waals surface area contributed by atoms with Gasteiger partial charge in [-0.2, -0.15) is 0 Å². The molecule has 0 aliphatic carbocycles. The second-order valence-electron chi connectivity index (χ2n) is 15.6. The van der Waals surface area contributed by atoms with Crippen LogP contribution in [-0.2, 0) is 17.8 Å². The topological polar surface area (TPSA) is 180 Å². The molecule has 2 fully saturated rings. The molecule has 16 heteroatoms. The number of ether oxygens (including phenoxy) is 1. The maximum atomic E-state index is 14.3. The average molecular weight is 839 g/mol. The van der Waals surface area contributed by atoms with Crippen LogP contribution in [0.1, 0.15) is 86.1 Å². The van der Waals surface area contributed by atoms with Gasteiger partial charge in [0.1, 0.15) is 35.6 Å². The minimum atomic E-state index is -0.560. The minimum absolute atomic E-state index is 0.0742. The summed E-state index contributed by atoms with van der Waals surface area (Å²) in [5.41, 5.74) is 13.0. The van der Waals surface area contributed by atoms with Gasteiger partial charge in [0, 0.05) is 30.4 Å². The third kappa shape index (κ3) is 9.96. The van der Waals surface area contributed by atoms with Crippen molar-refractivity contribution in [1.82, 2.24) is 45.2 Å². The van der Waals surface area contributed by atoms with E-state index < -0.39 is 18.0 Å². The van der Waals surface area contributed by atoms with Crippen LogP contribution in [0.5, 0.6) is 0 Å². The Morgan fingerprint density at radius 3 is 2.06 bits per heavy atom. The first-order chi connectivity index (χ1) is 30.2. The lowest BCUT2D eigenvalue weighted by atomic mass is 9.98. The molecule has 0 radical (unpaired) electrons. The van der Waals surface area contributed by atoms with E-state index in [4.69, 9.17) is 10.5 Å². The Morgan fingerprint density at radius 2 is 1.44 bits per heavy atom. The number of anilines is 2. The summed E-state index contributed by atoms with van der Waals surface area (Å²) in [7, 11) is 0. The number of pyridine rings is 4. The Bertz CT molecular complexity index is 2700. The van der Waals surface area contributed by atoms with E-state index >= 15 is 0 Å². The van der Waals surface area contributed by atoms with E-state index in [0.29, 0.717) is 22.6 Å². The van der Waals surface area contributed by atoms with Gasteiger partial charge in [-0.15, -0.1) is 0 Å². The predicted octanol–water partition coefficient (Wildman–Crippen LogP) is 7.61. The lowest BCUT2D eigenvalue weighted by Gasteiger charge is -2.27. The maximum Gasteiger partial charge on any atom is 0.408 e. The summed E-state index contributed by atoms with van der Waals surface area (Å²) >= 11 is 0. The molecule has 1 aromatic carbocycles. The van der Waals surface area contributed by atoms with Crippen molar-refractivity contribution in [3.63, 3.8) is 0 Å². The van der Waals surface area contributed by atoms with Crippen LogP contribution >= 0.6 is 0 Å². The number of aromatic amines is 2. The van der Waals surface area contributed by atoms with Crippen molar-refractivity contribution in [3.05, 3.63) is 131 Å². The molecule has 9 rings (SSSR count). The van der Waals surface area contributed by atoms with Gasteiger partial charge >= 0.3 is 6.09 Å². The molecule has 6 aromatic heterocycles. The van der Waals surface area contributed by atoms with Crippen LogP contribution in [0.4, 0.5) is 25.2 Å². The molecule has 5 N–H and O–H groups in total. The lowest BCUT2D eigenvalue weighted by Crippen LogP contribution is -2.32. The minimum Gasteiger partial charge on any atom is -0.445 e. The van der Waals surface area contributed by atoms with E-state index in [1.54, 1.807) is 25.6 Å². The molecule has 0 spiro atoms. The number of hydrogen-bond donors (Lipinski definition) is 4. The molecule has 14 nitrogen and oxygen atoms in total. The number of hydrogen-bond acceptors (Lipinski definition) is 11. The van der Waals surface area contributed by atoms with Crippen LogP contribution < -0.4 is 20.9 Å². The van der Waals surface area contributed by atoms with Crippen LogP contribution in [0.2, 0.25) is 0 Å². The third-order valence-electron chi connectivity index (χ3n) is 11.0. The number of fused-ring (bicyclic) bond motifs is 2. The predicted molar refractivity (Wildman–Crippen MR) is 233 cm³/mol. The van der Waals surface area contributed by atoms with Gasteiger partial charge < -0.3 is 35.6 Å². The van der Waals surface area contributed by atoms with Gasteiger partial charge in [-0.1, -0.05) is 36.3 Å². The molecule has 62 heavy (non-hydrogen) atoms. The molecule has 0 bridgehead atoms. The van der Waals surface area contributed by atoms with E-state index in [1.165, 1.54) is 12.3 Å². The van der Waals surface area contributed by atoms with Crippen LogP contribution in [-0.4, -0.2) is 71.1 Å². The fourth-order valence-corrected chi connectivity index (χ4v) is 7.99. The van der Waals surface area contributed by atoms with Gasteiger partial charge in [-0.05, 0) is 106 Å². The summed E-state index contributed by atoms with van der Waals surface area (Å²) in [6.07, 6.45) is 10.5. The number of aryl methyl sites for hydroxylation is 1. The molecule has 2 aliphatic rings. The van der Waals surface area contributed by atoms with Gasteiger partial charge in [0.25, 0.3) is 0 Å². The van der Waals surface area contributed by atoms with Gasteiger partial charge in [0.15, 0.2) is 11.3 Å². The molecule has 2 aliphatic heterocycles. The van der Waals surface area contributed by atoms with Crippen molar-refractivity contribution in [3.8, 4) is 11.8 Å². The summed E-state index contributed by atoms with van der Waals surface area (Å²) in [6.45, 7) is 5.57. The Labute approximate surface area is 357 Å². The summed E-state index contributed by atoms with van der Waals surface area (Å²) in [5.74, 6) is 6.95. The molecule has 1 amide bonds. The van der Waals surface area contributed by atoms with Crippen molar-refractivity contribution in [2.24, 2.45) is 5.73 Å². The number of benzene rings is 1. The summed E-state index contributed by atoms with van der Waals surface area (Å²) in [4.78, 5) is 49.1. The van der Waals surface area contributed by atoms with Crippen LogP contribution in [0.15, 0.2) is 91.8 Å². The number of aromatic nitrogens is 8. The number of amides is 1. The molecular formula is C46H48F2N12O2. The zero-order valence-electron chi connectivity index (χ0n) is 34.6. The second-order valence-corrected chi connectivity index (χ2v) is 15.6. The van der Waals surface area contributed by atoms with Crippen molar-refractivity contribution in [2.45, 2.75) is 83.1 Å². The van der Waals surface area contributed by atoms with Gasteiger partial charge in [0.2, 0.25) is 0 Å². The number of nitrogens with two attached hydrogens (primary N) is 1. The highest BCUT2D eigenvalue weighted by molar-refractivity contribution is 5.73. The molecule has 318 valence electrons. The zero-order chi connectivity index (χ0) is 43.0. The van der Waals surface area contributed by atoms with E-state index in [1.807, 2.05) is 61.5 Å². The summed E-state index contributed by atoms with van der Waals surface area (Å²) in [5, 5.41) is 2.70. The van der Waals surface area contributed by atoms with Gasteiger partial charge in [-0.3, -0.25) is 4.98 Å². The SMILES string of the molecule is C[C@@H](N)CCc1ncc(F)cc1C1CCCN1c1ccc2[nH]cnc2n1.C[C@H](C#Cc1ncc(F)cc1C1CCCN1c1ccc2[nH]cnc2n1)NC(=O)OCc1ccccc1. The van der Waals surface area contributed by atoms with Gasteiger partial charge in [-0.25, -0.2) is 38.5 Å². The third-order valence-corrected chi connectivity index (χ3v) is 11.0. The summed E-state index contributed by atoms with van der Waals surface area (Å²) in [6, 6.07) is 20.0. The highest BCUT2D eigenvalue weighted by Crippen LogP contribution is 2.38. The lowest BCUT2D eigenvalue weighted by molar-refractivity contribution is 0.138. The van der Waals surface area contributed by atoms with Gasteiger partial charge in [0.05, 0.1) is 54.2 Å². The highest BCUT2D eigenvalue weighted by Gasteiger charge is 2.31. The van der Waals surface area contributed by atoms with Crippen molar-refractivity contribution in [2.75, 3.05) is 22.9 Å². The number of imidazole rings is 2. The number of carbonyl (C=O) groups is 1. The fourth-order valence-electron chi connectivity index (χ4n) is 7.99. The number of nitrogens with zero attached hydrogens (tertiary/aromatic N) is 8. The highest BCUT2D eigenvalue weighted by atomic mass is 19.1. The quantitative estimate of drug-likeness (QED) is 0.0996. The number of H-pyrrole nitrogens is 2. The van der Waals surface area contributed by atoms with Crippen LogP contribution in [0.3, 0.4) is 0 Å². The zero-order valence-corrected chi connectivity index (χ0v) is 34.6. The average Bonchev–Trinajstić information content (AvgIpc) is 4.12. The number of rotatable bonds is 10. The molecule has 4 atom stereocenters. The van der Waals surface area contributed by atoms with Crippen molar-refractivity contribution < 1.29 is 18.3 Å². The first-order valence-electron chi connectivity index (χ1n) is 20.9. The Hall–Kier alpha value is -6.99.